The number of carbonyl (C=O) groups is 1. The SMILES string of the molecule is CCCNC(=O)C1CCCN(c2nc3ccccc3n(CC)c2=O)C1. The van der Waals surface area contributed by atoms with Crippen LogP contribution in [0.2, 0.25) is 0 Å². The van der Waals surface area contributed by atoms with E-state index in [-0.39, 0.29) is 17.4 Å². The highest BCUT2D eigenvalue weighted by molar-refractivity contribution is 5.80. The Morgan fingerprint density at radius 2 is 2.12 bits per heavy atom. The molecule has 0 aliphatic carbocycles. The zero-order valence-corrected chi connectivity index (χ0v) is 15.0. The maximum atomic E-state index is 12.9. The number of aromatic nitrogens is 2. The molecule has 1 aliphatic heterocycles. The summed E-state index contributed by atoms with van der Waals surface area (Å²) in [5.74, 6) is 0.472. The Morgan fingerprint density at radius 3 is 2.88 bits per heavy atom. The lowest BCUT2D eigenvalue weighted by Gasteiger charge is -2.32. The minimum Gasteiger partial charge on any atom is -0.356 e. The van der Waals surface area contributed by atoms with Crippen LogP contribution in [-0.4, -0.2) is 35.1 Å². The van der Waals surface area contributed by atoms with Gasteiger partial charge < -0.3 is 14.8 Å². The number of anilines is 1. The average molecular weight is 342 g/mol. The number of piperidine rings is 1. The number of para-hydroxylation sites is 2. The highest BCUT2D eigenvalue weighted by Gasteiger charge is 2.28. The standard InChI is InChI=1S/C19H26N4O2/c1-3-11-20-18(24)14-8-7-12-22(13-14)17-19(25)23(4-2)16-10-6-5-9-15(16)21-17/h5-6,9-10,14H,3-4,7-8,11-13H2,1-2H3,(H,20,24). The molecular formula is C19H26N4O2. The van der Waals surface area contributed by atoms with Gasteiger partial charge in [0.05, 0.1) is 17.0 Å². The van der Waals surface area contributed by atoms with Gasteiger partial charge in [0.2, 0.25) is 5.91 Å². The summed E-state index contributed by atoms with van der Waals surface area (Å²) in [6.45, 7) is 6.63. The van der Waals surface area contributed by atoms with E-state index in [4.69, 9.17) is 0 Å². The molecule has 1 amide bonds. The van der Waals surface area contributed by atoms with Crippen LogP contribution >= 0.6 is 0 Å². The Labute approximate surface area is 147 Å². The molecule has 0 bridgehead atoms. The van der Waals surface area contributed by atoms with Crippen molar-refractivity contribution in [2.24, 2.45) is 5.92 Å². The van der Waals surface area contributed by atoms with Crippen LogP contribution in [0.5, 0.6) is 0 Å². The molecule has 0 radical (unpaired) electrons. The minimum absolute atomic E-state index is 0.0733. The Hall–Kier alpha value is -2.37. The lowest BCUT2D eigenvalue weighted by Crippen LogP contribution is -2.45. The molecule has 1 fully saturated rings. The summed E-state index contributed by atoms with van der Waals surface area (Å²) in [5, 5.41) is 2.97. The lowest BCUT2D eigenvalue weighted by atomic mass is 9.97. The number of rotatable bonds is 5. The lowest BCUT2D eigenvalue weighted by molar-refractivity contribution is -0.125. The monoisotopic (exact) mass is 342 g/mol. The second-order valence-corrected chi connectivity index (χ2v) is 6.55. The topological polar surface area (TPSA) is 67.2 Å². The fourth-order valence-electron chi connectivity index (χ4n) is 3.47. The van der Waals surface area contributed by atoms with Gasteiger partial charge in [-0.25, -0.2) is 4.98 Å². The number of nitrogens with zero attached hydrogens (tertiary/aromatic N) is 3. The number of hydrogen-bond acceptors (Lipinski definition) is 4. The molecule has 1 saturated heterocycles. The van der Waals surface area contributed by atoms with Gasteiger partial charge in [0.15, 0.2) is 5.82 Å². The van der Waals surface area contributed by atoms with Crippen LogP contribution in [0, 0.1) is 5.92 Å². The Bertz CT molecular complexity index is 815. The molecule has 0 saturated carbocycles. The first-order valence-electron chi connectivity index (χ1n) is 9.18. The van der Waals surface area contributed by atoms with E-state index in [0.717, 1.165) is 36.8 Å². The number of carbonyl (C=O) groups excluding carboxylic acids is 1. The third kappa shape index (κ3) is 3.52. The molecule has 134 valence electrons. The van der Waals surface area contributed by atoms with E-state index in [1.807, 2.05) is 43.0 Å². The summed E-state index contributed by atoms with van der Waals surface area (Å²) in [7, 11) is 0. The zero-order valence-electron chi connectivity index (χ0n) is 15.0. The number of hydrogen-bond donors (Lipinski definition) is 1. The molecular weight excluding hydrogens is 316 g/mol. The number of benzene rings is 1. The maximum Gasteiger partial charge on any atom is 0.293 e. The van der Waals surface area contributed by atoms with E-state index in [0.29, 0.717) is 25.5 Å². The highest BCUT2D eigenvalue weighted by Crippen LogP contribution is 2.21. The molecule has 2 heterocycles. The van der Waals surface area contributed by atoms with Crippen molar-refractivity contribution in [3.63, 3.8) is 0 Å². The van der Waals surface area contributed by atoms with Crippen molar-refractivity contribution in [2.75, 3.05) is 24.5 Å². The Kier molecular flexibility index (Phi) is 5.36. The second-order valence-electron chi connectivity index (χ2n) is 6.55. The van der Waals surface area contributed by atoms with Crippen LogP contribution in [0.15, 0.2) is 29.1 Å². The van der Waals surface area contributed by atoms with E-state index in [9.17, 15) is 9.59 Å². The molecule has 6 heteroatoms. The predicted molar refractivity (Wildman–Crippen MR) is 99.9 cm³/mol. The molecule has 1 atom stereocenters. The van der Waals surface area contributed by atoms with Crippen molar-refractivity contribution in [3.8, 4) is 0 Å². The average Bonchev–Trinajstić information content (AvgIpc) is 2.65. The smallest absolute Gasteiger partial charge is 0.293 e. The number of amides is 1. The van der Waals surface area contributed by atoms with Crippen LogP contribution < -0.4 is 15.8 Å². The highest BCUT2D eigenvalue weighted by atomic mass is 16.2. The van der Waals surface area contributed by atoms with Gasteiger partial charge in [-0.2, -0.15) is 0 Å². The third-order valence-electron chi connectivity index (χ3n) is 4.79. The summed E-state index contributed by atoms with van der Waals surface area (Å²) >= 11 is 0. The summed E-state index contributed by atoms with van der Waals surface area (Å²) in [6, 6.07) is 7.71. The molecule has 25 heavy (non-hydrogen) atoms. The van der Waals surface area contributed by atoms with Crippen LogP contribution in [0.25, 0.3) is 11.0 Å². The number of nitrogens with one attached hydrogen (secondary N) is 1. The van der Waals surface area contributed by atoms with E-state index < -0.39 is 0 Å². The van der Waals surface area contributed by atoms with E-state index in [2.05, 4.69) is 10.3 Å². The van der Waals surface area contributed by atoms with Crippen molar-refractivity contribution >= 4 is 22.8 Å². The number of fused-ring (bicyclic) bond motifs is 1. The van der Waals surface area contributed by atoms with Gasteiger partial charge in [0, 0.05) is 26.2 Å². The summed E-state index contributed by atoms with van der Waals surface area (Å²) in [4.78, 5) is 31.8. The van der Waals surface area contributed by atoms with Gasteiger partial charge in [-0.15, -0.1) is 0 Å². The first kappa shape index (κ1) is 17.5. The van der Waals surface area contributed by atoms with Crippen LogP contribution in [0.4, 0.5) is 5.82 Å². The quantitative estimate of drug-likeness (QED) is 0.904. The van der Waals surface area contributed by atoms with Crippen LogP contribution in [0.3, 0.4) is 0 Å². The fourth-order valence-corrected chi connectivity index (χ4v) is 3.47. The van der Waals surface area contributed by atoms with E-state index in [1.165, 1.54) is 0 Å². The van der Waals surface area contributed by atoms with Gasteiger partial charge in [0.25, 0.3) is 5.56 Å². The second kappa shape index (κ2) is 7.68. The van der Waals surface area contributed by atoms with Crippen molar-refractivity contribution in [1.82, 2.24) is 14.9 Å². The van der Waals surface area contributed by atoms with Crippen molar-refractivity contribution in [1.29, 1.82) is 0 Å². The first-order chi connectivity index (χ1) is 12.2. The van der Waals surface area contributed by atoms with Crippen LogP contribution in [-0.2, 0) is 11.3 Å². The van der Waals surface area contributed by atoms with Gasteiger partial charge >= 0.3 is 0 Å². The van der Waals surface area contributed by atoms with Crippen molar-refractivity contribution in [2.45, 2.75) is 39.7 Å². The normalized spacial score (nSPS) is 17.7. The van der Waals surface area contributed by atoms with E-state index in [1.54, 1.807) is 4.57 Å². The zero-order chi connectivity index (χ0) is 17.8. The van der Waals surface area contributed by atoms with Crippen LogP contribution in [0.1, 0.15) is 33.1 Å². The summed E-state index contributed by atoms with van der Waals surface area (Å²) < 4.78 is 1.76. The Balaban J connectivity index is 1.92. The maximum absolute atomic E-state index is 12.9. The predicted octanol–water partition coefficient (Wildman–Crippen LogP) is 2.16. The molecule has 1 aromatic heterocycles. The fraction of sp³-hybridized carbons (Fsp3) is 0.526. The first-order valence-corrected chi connectivity index (χ1v) is 9.18. The summed E-state index contributed by atoms with van der Waals surface area (Å²) in [5.41, 5.74) is 1.60. The van der Waals surface area contributed by atoms with Crippen molar-refractivity contribution < 1.29 is 4.79 Å². The van der Waals surface area contributed by atoms with Crippen molar-refractivity contribution in [3.05, 3.63) is 34.6 Å². The summed E-state index contributed by atoms with van der Waals surface area (Å²) in [6.07, 6.45) is 2.68. The van der Waals surface area contributed by atoms with Gasteiger partial charge in [-0.05, 0) is 38.3 Å². The molecule has 6 nitrogen and oxygen atoms in total. The number of aryl methyl sites for hydroxylation is 1. The molecule has 3 rings (SSSR count). The largest absolute Gasteiger partial charge is 0.356 e. The third-order valence-corrected chi connectivity index (χ3v) is 4.79. The van der Waals surface area contributed by atoms with Gasteiger partial charge in [-0.3, -0.25) is 9.59 Å². The molecule has 1 aromatic carbocycles. The van der Waals surface area contributed by atoms with E-state index >= 15 is 0 Å². The molecule has 0 spiro atoms. The minimum atomic E-state index is -0.0805. The van der Waals surface area contributed by atoms with Gasteiger partial charge in [0.1, 0.15) is 0 Å². The van der Waals surface area contributed by atoms with Gasteiger partial charge in [-0.1, -0.05) is 19.1 Å². The molecule has 1 aliphatic rings. The molecule has 2 aromatic rings. The molecule has 1 unspecified atom stereocenters. The Morgan fingerprint density at radius 1 is 1.32 bits per heavy atom. The molecule has 1 N–H and O–H groups in total.